The quantitative estimate of drug-likeness (QED) is 0.545. The zero-order chi connectivity index (χ0) is 19.8. The molecule has 1 saturated heterocycles. The van der Waals surface area contributed by atoms with Crippen LogP contribution in [-0.4, -0.2) is 62.0 Å². The summed E-state index contributed by atoms with van der Waals surface area (Å²) in [5, 5.41) is 3.05. The molecule has 150 valence electrons. The van der Waals surface area contributed by atoms with E-state index < -0.39 is 0 Å². The lowest BCUT2D eigenvalue weighted by atomic mass is 10.1. The Morgan fingerprint density at radius 3 is 2.36 bits per heavy atom. The molecule has 0 unspecified atom stereocenters. The molecule has 0 aromatic heterocycles. The predicted octanol–water partition coefficient (Wildman–Crippen LogP) is 3.65. The van der Waals surface area contributed by atoms with Crippen LogP contribution in [0.25, 0.3) is 0 Å². The van der Waals surface area contributed by atoms with Crippen molar-refractivity contribution in [3.05, 3.63) is 65.2 Å². The van der Waals surface area contributed by atoms with Crippen molar-refractivity contribution in [3.8, 4) is 0 Å². The summed E-state index contributed by atoms with van der Waals surface area (Å²) in [7, 11) is 2.17. The molecule has 0 atom stereocenters. The van der Waals surface area contributed by atoms with Gasteiger partial charge in [-0.05, 0) is 56.8 Å². The number of thioether (sulfide) groups is 1. The topological polar surface area (TPSA) is 35.6 Å². The number of hydrogen-bond acceptors (Lipinski definition) is 4. The van der Waals surface area contributed by atoms with Crippen molar-refractivity contribution in [2.45, 2.75) is 24.0 Å². The van der Waals surface area contributed by atoms with Gasteiger partial charge in [-0.25, -0.2) is 0 Å². The lowest BCUT2D eigenvalue weighted by Gasteiger charge is -2.32. The Kier molecular flexibility index (Phi) is 7.95. The van der Waals surface area contributed by atoms with Gasteiger partial charge in [0.05, 0.1) is 0 Å². The van der Waals surface area contributed by atoms with Crippen LogP contribution in [0.4, 0.5) is 0 Å². The normalized spacial score (nSPS) is 15.5. The third-order valence-electron chi connectivity index (χ3n) is 5.18. The van der Waals surface area contributed by atoms with E-state index in [1.165, 1.54) is 16.0 Å². The molecule has 1 aliphatic rings. The highest BCUT2D eigenvalue weighted by molar-refractivity contribution is 7.98. The Bertz CT molecular complexity index is 737. The number of amides is 1. The second kappa shape index (κ2) is 10.6. The molecule has 0 saturated carbocycles. The predicted molar refractivity (Wildman–Crippen MR) is 118 cm³/mol. The minimum absolute atomic E-state index is 0.0242. The lowest BCUT2D eigenvalue weighted by molar-refractivity contribution is 0.0949. The zero-order valence-corrected chi connectivity index (χ0v) is 17.8. The third kappa shape index (κ3) is 6.66. The Balaban J connectivity index is 1.36. The number of hydrogen-bond donors (Lipinski definition) is 1. The molecule has 1 aliphatic heterocycles. The highest BCUT2D eigenvalue weighted by Crippen LogP contribution is 2.23. The average molecular weight is 398 g/mol. The van der Waals surface area contributed by atoms with Gasteiger partial charge in [0, 0.05) is 48.9 Å². The van der Waals surface area contributed by atoms with Gasteiger partial charge in [-0.1, -0.05) is 29.8 Å². The first-order valence-electron chi connectivity index (χ1n) is 10.1. The van der Waals surface area contributed by atoms with Crippen LogP contribution in [-0.2, 0) is 5.75 Å². The summed E-state index contributed by atoms with van der Waals surface area (Å²) >= 11 is 1.82. The van der Waals surface area contributed by atoms with Crippen LogP contribution in [0.5, 0.6) is 0 Å². The smallest absolute Gasteiger partial charge is 0.251 e. The molecule has 1 fully saturated rings. The molecule has 0 aliphatic carbocycles. The van der Waals surface area contributed by atoms with Gasteiger partial charge in [0.25, 0.3) is 5.91 Å². The average Bonchev–Trinajstić information content (AvgIpc) is 2.72. The van der Waals surface area contributed by atoms with Crippen molar-refractivity contribution in [2.75, 3.05) is 46.3 Å². The van der Waals surface area contributed by atoms with Crippen LogP contribution in [0.1, 0.15) is 27.9 Å². The molecule has 0 bridgehead atoms. The highest BCUT2D eigenvalue weighted by Gasteiger charge is 2.13. The number of nitrogens with one attached hydrogen (secondary N) is 1. The zero-order valence-electron chi connectivity index (χ0n) is 17.0. The van der Waals surface area contributed by atoms with Crippen molar-refractivity contribution >= 4 is 17.7 Å². The molecule has 4 nitrogen and oxygen atoms in total. The van der Waals surface area contributed by atoms with Crippen molar-refractivity contribution in [1.82, 2.24) is 15.1 Å². The Hall–Kier alpha value is -1.82. The van der Waals surface area contributed by atoms with Crippen LogP contribution in [0.2, 0.25) is 0 Å². The van der Waals surface area contributed by atoms with Crippen molar-refractivity contribution in [3.63, 3.8) is 0 Å². The summed E-state index contributed by atoms with van der Waals surface area (Å²) in [6, 6.07) is 16.6. The summed E-state index contributed by atoms with van der Waals surface area (Å²) in [6.07, 6.45) is 1.00. The third-order valence-corrected chi connectivity index (χ3v) is 6.26. The first-order chi connectivity index (χ1) is 13.6. The van der Waals surface area contributed by atoms with Crippen LogP contribution in [0.15, 0.2) is 53.4 Å². The van der Waals surface area contributed by atoms with E-state index in [4.69, 9.17) is 0 Å². The van der Waals surface area contributed by atoms with Crippen molar-refractivity contribution < 1.29 is 4.79 Å². The van der Waals surface area contributed by atoms with Gasteiger partial charge < -0.3 is 15.1 Å². The molecular formula is C23H31N3OS. The van der Waals surface area contributed by atoms with E-state index in [1.807, 2.05) is 23.9 Å². The largest absolute Gasteiger partial charge is 0.352 e. The molecule has 28 heavy (non-hydrogen) atoms. The van der Waals surface area contributed by atoms with E-state index in [0.717, 1.165) is 57.0 Å². The van der Waals surface area contributed by atoms with E-state index in [9.17, 15) is 4.79 Å². The van der Waals surface area contributed by atoms with Crippen molar-refractivity contribution in [1.29, 1.82) is 0 Å². The fourth-order valence-electron chi connectivity index (χ4n) is 3.23. The number of carbonyl (C=O) groups is 1. The van der Waals surface area contributed by atoms with Crippen LogP contribution >= 0.6 is 11.8 Å². The second-order valence-electron chi connectivity index (χ2n) is 7.55. The van der Waals surface area contributed by atoms with Gasteiger partial charge in [0.15, 0.2) is 0 Å². The molecule has 2 aromatic carbocycles. The molecule has 5 heteroatoms. The standard InChI is InChI=1S/C23H31N3OS/c1-19-4-10-22(11-5-19)28-18-20-6-8-21(9-7-20)23(27)24-12-3-13-26-16-14-25(2)15-17-26/h4-11H,3,12-18H2,1-2H3,(H,24,27). The van der Waals surface area contributed by atoms with Crippen LogP contribution in [0.3, 0.4) is 0 Å². The lowest BCUT2D eigenvalue weighted by Crippen LogP contribution is -2.45. The fraction of sp³-hybridized carbons (Fsp3) is 0.435. The van der Waals surface area contributed by atoms with Gasteiger partial charge >= 0.3 is 0 Å². The SMILES string of the molecule is Cc1ccc(SCc2ccc(C(=O)NCCCN3CCN(C)CC3)cc2)cc1. The second-order valence-corrected chi connectivity index (χ2v) is 8.60. The van der Waals surface area contributed by atoms with Gasteiger partial charge in [-0.15, -0.1) is 11.8 Å². The summed E-state index contributed by atoms with van der Waals surface area (Å²) in [6.45, 7) is 8.44. The Labute approximate surface area is 173 Å². The minimum atomic E-state index is 0.0242. The maximum Gasteiger partial charge on any atom is 0.251 e. The first kappa shape index (κ1) is 20.9. The summed E-state index contributed by atoms with van der Waals surface area (Å²) in [4.78, 5) is 18.4. The number of nitrogens with zero attached hydrogens (tertiary/aromatic N) is 2. The van der Waals surface area contributed by atoms with Gasteiger partial charge in [-0.3, -0.25) is 4.79 Å². The Morgan fingerprint density at radius 2 is 1.68 bits per heavy atom. The number of benzene rings is 2. The van der Waals surface area contributed by atoms with Gasteiger partial charge in [-0.2, -0.15) is 0 Å². The van der Waals surface area contributed by atoms with E-state index in [1.54, 1.807) is 0 Å². The minimum Gasteiger partial charge on any atom is -0.352 e. The monoisotopic (exact) mass is 397 g/mol. The first-order valence-corrected chi connectivity index (χ1v) is 11.1. The molecular weight excluding hydrogens is 366 g/mol. The summed E-state index contributed by atoms with van der Waals surface area (Å²) in [5.41, 5.74) is 3.25. The molecule has 3 rings (SSSR count). The van der Waals surface area contributed by atoms with E-state index in [0.29, 0.717) is 0 Å². The number of piperazine rings is 1. The molecule has 2 aromatic rings. The highest BCUT2D eigenvalue weighted by atomic mass is 32.2. The molecule has 1 amide bonds. The number of aryl methyl sites for hydroxylation is 1. The van der Waals surface area contributed by atoms with Gasteiger partial charge in [0.1, 0.15) is 0 Å². The van der Waals surface area contributed by atoms with Crippen molar-refractivity contribution in [2.24, 2.45) is 0 Å². The number of rotatable bonds is 8. The van der Waals surface area contributed by atoms with Crippen LogP contribution in [0, 0.1) is 6.92 Å². The van der Waals surface area contributed by atoms with E-state index >= 15 is 0 Å². The summed E-state index contributed by atoms with van der Waals surface area (Å²) < 4.78 is 0. The maximum atomic E-state index is 12.3. The number of likely N-dealkylation sites (N-methyl/N-ethyl adjacent to an activating group) is 1. The van der Waals surface area contributed by atoms with E-state index in [-0.39, 0.29) is 5.91 Å². The fourth-order valence-corrected chi connectivity index (χ4v) is 4.09. The van der Waals surface area contributed by atoms with E-state index in [2.05, 4.69) is 65.5 Å². The molecule has 1 heterocycles. The maximum absolute atomic E-state index is 12.3. The number of carbonyl (C=O) groups excluding carboxylic acids is 1. The van der Waals surface area contributed by atoms with Gasteiger partial charge in [0.2, 0.25) is 0 Å². The van der Waals surface area contributed by atoms with Crippen LogP contribution < -0.4 is 5.32 Å². The Morgan fingerprint density at radius 1 is 1.00 bits per heavy atom. The molecule has 1 N–H and O–H groups in total. The molecule has 0 radical (unpaired) electrons. The molecule has 0 spiro atoms. The summed E-state index contributed by atoms with van der Waals surface area (Å²) in [5.74, 6) is 0.937.